The van der Waals surface area contributed by atoms with Crippen molar-refractivity contribution in [3.05, 3.63) is 54.1 Å². The Bertz CT molecular complexity index is 857. The Kier molecular flexibility index (Phi) is 5.46. The predicted octanol–water partition coefficient (Wildman–Crippen LogP) is 2.71. The van der Waals surface area contributed by atoms with Gasteiger partial charge in [0.15, 0.2) is 0 Å². The highest BCUT2D eigenvalue weighted by atomic mass is 32.2. The molecule has 138 valence electrons. The Morgan fingerprint density at radius 2 is 1.73 bits per heavy atom. The van der Waals surface area contributed by atoms with Gasteiger partial charge in [-0.2, -0.15) is 0 Å². The van der Waals surface area contributed by atoms with E-state index in [4.69, 9.17) is 4.74 Å². The summed E-state index contributed by atoms with van der Waals surface area (Å²) in [5.41, 5.74) is 1.29. The Morgan fingerprint density at radius 1 is 1.08 bits per heavy atom. The highest BCUT2D eigenvalue weighted by molar-refractivity contribution is 7.92. The van der Waals surface area contributed by atoms with Crippen LogP contribution in [0.2, 0.25) is 0 Å². The van der Waals surface area contributed by atoms with E-state index in [1.807, 2.05) is 6.92 Å². The molecule has 0 saturated heterocycles. The van der Waals surface area contributed by atoms with Crippen molar-refractivity contribution in [3.8, 4) is 5.75 Å². The van der Waals surface area contributed by atoms with Crippen molar-refractivity contribution in [2.24, 2.45) is 0 Å². The molecule has 0 radical (unpaired) electrons. The number of hydrogen-bond donors (Lipinski definition) is 2. The zero-order chi connectivity index (χ0) is 18.6. The minimum absolute atomic E-state index is 0.00443. The van der Waals surface area contributed by atoms with Crippen LogP contribution >= 0.6 is 0 Å². The van der Waals surface area contributed by atoms with Crippen LogP contribution in [-0.4, -0.2) is 27.0 Å². The summed E-state index contributed by atoms with van der Waals surface area (Å²) in [6.45, 7) is 2.39. The van der Waals surface area contributed by atoms with E-state index in [-0.39, 0.29) is 10.8 Å². The number of benzene rings is 2. The van der Waals surface area contributed by atoms with E-state index in [1.165, 1.54) is 12.1 Å². The van der Waals surface area contributed by atoms with E-state index in [0.29, 0.717) is 30.5 Å². The smallest absolute Gasteiger partial charge is 0.261 e. The van der Waals surface area contributed by atoms with Gasteiger partial charge in [-0.3, -0.25) is 9.52 Å². The first-order chi connectivity index (χ1) is 12.5. The van der Waals surface area contributed by atoms with Crippen molar-refractivity contribution >= 4 is 21.6 Å². The average molecular weight is 374 g/mol. The van der Waals surface area contributed by atoms with E-state index in [2.05, 4.69) is 10.0 Å². The van der Waals surface area contributed by atoms with Gasteiger partial charge in [-0.25, -0.2) is 8.42 Å². The minimum atomic E-state index is -3.67. The van der Waals surface area contributed by atoms with Crippen LogP contribution in [0.5, 0.6) is 5.75 Å². The van der Waals surface area contributed by atoms with Crippen LogP contribution in [0.15, 0.2) is 53.4 Å². The van der Waals surface area contributed by atoms with Gasteiger partial charge in [0.2, 0.25) is 5.91 Å². The summed E-state index contributed by atoms with van der Waals surface area (Å²) in [5.74, 6) is 0.621. The molecule has 0 aliphatic heterocycles. The second-order valence-corrected chi connectivity index (χ2v) is 7.91. The van der Waals surface area contributed by atoms with Crippen LogP contribution in [0.25, 0.3) is 0 Å². The van der Waals surface area contributed by atoms with E-state index >= 15 is 0 Å². The molecule has 6 nitrogen and oxygen atoms in total. The Morgan fingerprint density at radius 3 is 2.31 bits per heavy atom. The standard InChI is InChI=1S/C19H22N2O4S/c1-2-25-17-9-11-18(12-10-17)26(23,24)21-16-5-3-14(4-6-16)13-19(22)20-15-7-8-15/h3-6,9-12,15,21H,2,7-8,13H2,1H3,(H,20,22). The number of carbonyl (C=O) groups excluding carboxylic acids is 1. The molecule has 2 aromatic rings. The maximum atomic E-state index is 12.4. The summed E-state index contributed by atoms with van der Waals surface area (Å²) in [5, 5.41) is 2.93. The number of amides is 1. The van der Waals surface area contributed by atoms with Crippen LogP contribution in [0.3, 0.4) is 0 Å². The lowest BCUT2D eigenvalue weighted by molar-refractivity contribution is -0.120. The molecule has 7 heteroatoms. The molecule has 0 heterocycles. The molecule has 2 N–H and O–H groups in total. The first-order valence-electron chi connectivity index (χ1n) is 8.60. The maximum absolute atomic E-state index is 12.4. The van der Waals surface area contributed by atoms with Crippen molar-refractivity contribution in [2.75, 3.05) is 11.3 Å². The van der Waals surface area contributed by atoms with Crippen molar-refractivity contribution in [2.45, 2.75) is 37.1 Å². The lowest BCUT2D eigenvalue weighted by Crippen LogP contribution is -2.26. The zero-order valence-electron chi connectivity index (χ0n) is 14.6. The number of sulfonamides is 1. The van der Waals surface area contributed by atoms with Crippen LogP contribution < -0.4 is 14.8 Å². The van der Waals surface area contributed by atoms with Crippen molar-refractivity contribution in [1.82, 2.24) is 5.32 Å². The van der Waals surface area contributed by atoms with Crippen LogP contribution in [-0.2, 0) is 21.2 Å². The highest BCUT2D eigenvalue weighted by Gasteiger charge is 2.23. The molecule has 0 aromatic heterocycles. The topological polar surface area (TPSA) is 84.5 Å². The monoisotopic (exact) mass is 374 g/mol. The van der Waals surface area contributed by atoms with Crippen molar-refractivity contribution in [1.29, 1.82) is 0 Å². The van der Waals surface area contributed by atoms with Gasteiger partial charge >= 0.3 is 0 Å². The molecule has 0 unspecified atom stereocenters. The summed E-state index contributed by atoms with van der Waals surface area (Å²) in [6, 6.07) is 13.4. The average Bonchev–Trinajstić information content (AvgIpc) is 3.41. The van der Waals surface area contributed by atoms with Gasteiger partial charge in [-0.1, -0.05) is 12.1 Å². The summed E-state index contributed by atoms with van der Waals surface area (Å²) in [7, 11) is -3.67. The molecular weight excluding hydrogens is 352 g/mol. The van der Waals surface area contributed by atoms with Gasteiger partial charge in [-0.15, -0.1) is 0 Å². The Labute approximate surface area is 153 Å². The van der Waals surface area contributed by atoms with Gasteiger partial charge in [0, 0.05) is 11.7 Å². The maximum Gasteiger partial charge on any atom is 0.261 e. The molecule has 1 aliphatic rings. The molecule has 26 heavy (non-hydrogen) atoms. The van der Waals surface area contributed by atoms with Crippen molar-refractivity contribution < 1.29 is 17.9 Å². The van der Waals surface area contributed by atoms with E-state index < -0.39 is 10.0 Å². The molecule has 1 aliphatic carbocycles. The lowest BCUT2D eigenvalue weighted by atomic mass is 10.1. The van der Waals surface area contributed by atoms with Crippen LogP contribution in [0, 0.1) is 0 Å². The molecule has 1 fully saturated rings. The second-order valence-electron chi connectivity index (χ2n) is 6.23. The number of anilines is 1. The van der Waals surface area contributed by atoms with E-state index in [1.54, 1.807) is 36.4 Å². The summed E-state index contributed by atoms with van der Waals surface area (Å²) >= 11 is 0. The fraction of sp³-hybridized carbons (Fsp3) is 0.316. The summed E-state index contributed by atoms with van der Waals surface area (Å²) in [6.07, 6.45) is 2.40. The molecule has 0 bridgehead atoms. The Hall–Kier alpha value is -2.54. The molecule has 3 rings (SSSR count). The van der Waals surface area contributed by atoms with Gasteiger partial charge in [0.05, 0.1) is 17.9 Å². The molecular formula is C19H22N2O4S. The van der Waals surface area contributed by atoms with Crippen LogP contribution in [0.4, 0.5) is 5.69 Å². The Balaban J connectivity index is 1.62. The molecule has 0 atom stereocenters. The fourth-order valence-electron chi connectivity index (χ4n) is 2.48. The number of carbonyl (C=O) groups is 1. The largest absolute Gasteiger partial charge is 0.494 e. The third-order valence-electron chi connectivity index (χ3n) is 3.96. The van der Waals surface area contributed by atoms with Gasteiger partial charge < -0.3 is 10.1 Å². The van der Waals surface area contributed by atoms with Gasteiger partial charge in [0.25, 0.3) is 10.0 Å². The van der Waals surface area contributed by atoms with E-state index in [9.17, 15) is 13.2 Å². The second kappa shape index (κ2) is 7.78. The first-order valence-corrected chi connectivity index (χ1v) is 10.1. The number of ether oxygens (including phenoxy) is 1. The summed E-state index contributed by atoms with van der Waals surface area (Å²) < 4.78 is 32.7. The number of nitrogens with one attached hydrogen (secondary N) is 2. The van der Waals surface area contributed by atoms with Crippen LogP contribution in [0.1, 0.15) is 25.3 Å². The third-order valence-corrected chi connectivity index (χ3v) is 5.36. The minimum Gasteiger partial charge on any atom is -0.494 e. The molecule has 0 spiro atoms. The highest BCUT2D eigenvalue weighted by Crippen LogP contribution is 2.21. The zero-order valence-corrected chi connectivity index (χ0v) is 15.4. The third kappa shape index (κ3) is 4.98. The van der Waals surface area contributed by atoms with Crippen molar-refractivity contribution in [3.63, 3.8) is 0 Å². The summed E-state index contributed by atoms with van der Waals surface area (Å²) in [4.78, 5) is 12.0. The number of hydrogen-bond acceptors (Lipinski definition) is 4. The SMILES string of the molecule is CCOc1ccc(S(=O)(=O)Nc2ccc(CC(=O)NC3CC3)cc2)cc1. The van der Waals surface area contributed by atoms with Gasteiger partial charge in [0.1, 0.15) is 5.75 Å². The molecule has 1 saturated carbocycles. The lowest BCUT2D eigenvalue weighted by Gasteiger charge is -2.10. The van der Waals surface area contributed by atoms with E-state index in [0.717, 1.165) is 18.4 Å². The fourth-order valence-corrected chi connectivity index (χ4v) is 3.54. The normalized spacial score (nSPS) is 13.9. The number of rotatable bonds is 8. The molecule has 1 amide bonds. The van der Waals surface area contributed by atoms with Gasteiger partial charge in [-0.05, 0) is 61.7 Å². The molecule has 2 aromatic carbocycles. The quantitative estimate of drug-likeness (QED) is 0.744. The predicted molar refractivity (Wildman–Crippen MR) is 99.7 cm³/mol. The first kappa shape index (κ1) is 18.3.